The molecule has 0 aromatic rings. The maximum absolute atomic E-state index is 10.9. The standard InChI is InChI=1S/C7H18N4O/c8-3-1-2-6(10)4-7(12)11-5-9/h6H,1-5,8-10H2,(H,11,12)/t6-/m1/s1/i7+1. The van der Waals surface area contributed by atoms with Gasteiger partial charge in [0, 0.05) is 12.5 Å². The first-order valence-corrected chi connectivity index (χ1v) is 4.13. The van der Waals surface area contributed by atoms with Crippen molar-refractivity contribution in [2.24, 2.45) is 17.2 Å². The second kappa shape index (κ2) is 7.02. The molecule has 0 unspecified atom stereocenters. The van der Waals surface area contributed by atoms with Gasteiger partial charge in [0.25, 0.3) is 0 Å². The third kappa shape index (κ3) is 6.09. The molecule has 0 fully saturated rings. The van der Waals surface area contributed by atoms with Crippen molar-refractivity contribution in [3.8, 4) is 0 Å². The summed E-state index contributed by atoms with van der Waals surface area (Å²) in [7, 11) is 0. The fourth-order valence-corrected chi connectivity index (χ4v) is 0.906. The molecule has 0 heterocycles. The summed E-state index contributed by atoms with van der Waals surface area (Å²) in [4.78, 5) is 10.9. The zero-order chi connectivity index (χ0) is 9.40. The van der Waals surface area contributed by atoms with Gasteiger partial charge in [0.15, 0.2) is 0 Å². The normalized spacial score (nSPS) is 12.6. The Bertz CT molecular complexity index is 129. The van der Waals surface area contributed by atoms with E-state index in [0.29, 0.717) is 13.0 Å². The molecule has 0 bridgehead atoms. The Kier molecular flexibility index (Phi) is 6.64. The first-order valence-electron chi connectivity index (χ1n) is 4.13. The molecule has 0 aliphatic rings. The van der Waals surface area contributed by atoms with Crippen LogP contribution in [0.15, 0.2) is 0 Å². The molecule has 0 aromatic carbocycles. The lowest BCUT2D eigenvalue weighted by atomic mass is 10.1. The lowest BCUT2D eigenvalue weighted by Crippen LogP contribution is -2.34. The third-order valence-corrected chi connectivity index (χ3v) is 1.53. The minimum atomic E-state index is -0.0971. The number of nitrogens with one attached hydrogen (secondary N) is 1. The van der Waals surface area contributed by atoms with Crippen LogP contribution in [-0.4, -0.2) is 25.2 Å². The van der Waals surface area contributed by atoms with Crippen LogP contribution in [0.4, 0.5) is 0 Å². The van der Waals surface area contributed by atoms with Gasteiger partial charge in [0.05, 0.1) is 6.67 Å². The van der Waals surface area contributed by atoms with Crippen molar-refractivity contribution in [3.05, 3.63) is 0 Å². The average molecular weight is 175 g/mol. The molecule has 0 rings (SSSR count). The lowest BCUT2D eigenvalue weighted by molar-refractivity contribution is -0.121. The lowest BCUT2D eigenvalue weighted by Gasteiger charge is -2.09. The summed E-state index contributed by atoms with van der Waals surface area (Å²) in [6.45, 7) is 0.786. The molecular weight excluding hydrogens is 157 g/mol. The number of hydrogen-bond donors (Lipinski definition) is 4. The summed E-state index contributed by atoms with van der Waals surface area (Å²) in [5.74, 6) is -0.0954. The first-order chi connectivity index (χ1) is 5.70. The maximum Gasteiger partial charge on any atom is 0.222 e. The van der Waals surface area contributed by atoms with E-state index in [-0.39, 0.29) is 18.6 Å². The van der Waals surface area contributed by atoms with E-state index in [1.165, 1.54) is 0 Å². The Labute approximate surface area is 72.7 Å². The van der Waals surface area contributed by atoms with Crippen molar-refractivity contribution in [3.63, 3.8) is 0 Å². The molecule has 72 valence electrons. The van der Waals surface area contributed by atoms with Gasteiger partial charge in [-0.2, -0.15) is 0 Å². The van der Waals surface area contributed by atoms with E-state index < -0.39 is 0 Å². The van der Waals surface area contributed by atoms with Crippen LogP contribution in [0.1, 0.15) is 19.3 Å². The molecule has 0 spiro atoms. The van der Waals surface area contributed by atoms with Crippen LogP contribution in [0.25, 0.3) is 0 Å². The predicted molar refractivity (Wildman–Crippen MR) is 48.1 cm³/mol. The SMILES string of the molecule is NCCC[C@@H](N)C[13C](=O)NCN. The van der Waals surface area contributed by atoms with E-state index in [9.17, 15) is 4.79 Å². The average Bonchev–Trinajstić information content (AvgIpc) is 2.01. The summed E-state index contributed by atoms with van der Waals surface area (Å²) < 4.78 is 0. The summed E-state index contributed by atoms with van der Waals surface area (Å²) >= 11 is 0. The van der Waals surface area contributed by atoms with Crippen LogP contribution in [0.3, 0.4) is 0 Å². The van der Waals surface area contributed by atoms with Gasteiger partial charge >= 0.3 is 0 Å². The van der Waals surface area contributed by atoms with Gasteiger partial charge in [-0.1, -0.05) is 0 Å². The Balaban J connectivity index is 3.40. The molecule has 12 heavy (non-hydrogen) atoms. The number of amides is 1. The molecule has 5 nitrogen and oxygen atoms in total. The van der Waals surface area contributed by atoms with E-state index >= 15 is 0 Å². The summed E-state index contributed by atoms with van der Waals surface area (Å²) in [6.07, 6.45) is 1.97. The van der Waals surface area contributed by atoms with E-state index in [2.05, 4.69) is 5.32 Å². The van der Waals surface area contributed by atoms with Gasteiger partial charge in [-0.15, -0.1) is 0 Å². The largest absolute Gasteiger partial charge is 0.344 e. The smallest absolute Gasteiger partial charge is 0.222 e. The molecule has 1 amide bonds. The van der Waals surface area contributed by atoms with Gasteiger partial charge in [-0.3, -0.25) is 4.79 Å². The quantitative estimate of drug-likeness (QED) is 0.290. The molecule has 0 aromatic heterocycles. The molecular formula is C7H18N4O. The minimum absolute atomic E-state index is 0.0954. The fraction of sp³-hybridized carbons (Fsp3) is 0.857. The van der Waals surface area contributed by atoms with Crippen molar-refractivity contribution < 1.29 is 4.79 Å². The zero-order valence-corrected chi connectivity index (χ0v) is 7.25. The summed E-state index contributed by atoms with van der Waals surface area (Å²) in [6, 6.07) is -0.0971. The second-order valence-electron chi connectivity index (χ2n) is 2.70. The summed E-state index contributed by atoms with van der Waals surface area (Å²) in [5, 5.41) is 2.48. The van der Waals surface area contributed by atoms with Crippen LogP contribution in [-0.2, 0) is 4.79 Å². The number of carbonyl (C=O) groups excluding carboxylic acids is 1. The third-order valence-electron chi connectivity index (χ3n) is 1.53. The van der Waals surface area contributed by atoms with E-state index in [1.807, 2.05) is 0 Å². The minimum Gasteiger partial charge on any atom is -0.344 e. The highest BCUT2D eigenvalue weighted by atomic mass is 16.2. The van der Waals surface area contributed by atoms with Crippen molar-refractivity contribution in [2.45, 2.75) is 25.3 Å². The monoisotopic (exact) mass is 175 g/mol. The van der Waals surface area contributed by atoms with Gasteiger partial charge in [0.2, 0.25) is 5.91 Å². The molecule has 5 heteroatoms. The molecule has 1 atom stereocenters. The molecule has 0 saturated heterocycles. The summed E-state index contributed by atoms with van der Waals surface area (Å²) in [5.41, 5.74) is 16.0. The van der Waals surface area contributed by atoms with Crippen LogP contribution < -0.4 is 22.5 Å². The molecule has 0 aliphatic carbocycles. The van der Waals surface area contributed by atoms with Crippen molar-refractivity contribution in [1.82, 2.24) is 5.32 Å². The highest BCUT2D eigenvalue weighted by Gasteiger charge is 2.07. The van der Waals surface area contributed by atoms with Crippen LogP contribution in [0, 0.1) is 0 Å². The van der Waals surface area contributed by atoms with Gasteiger partial charge < -0.3 is 22.5 Å². The van der Waals surface area contributed by atoms with Crippen LogP contribution in [0.5, 0.6) is 0 Å². The number of nitrogens with two attached hydrogens (primary N) is 3. The van der Waals surface area contributed by atoms with Gasteiger partial charge in [0.1, 0.15) is 0 Å². The molecule has 7 N–H and O–H groups in total. The Morgan fingerprint density at radius 2 is 2.08 bits per heavy atom. The number of rotatable bonds is 6. The topological polar surface area (TPSA) is 107 Å². The highest BCUT2D eigenvalue weighted by molar-refractivity contribution is 5.76. The Hall–Kier alpha value is -0.650. The van der Waals surface area contributed by atoms with Crippen molar-refractivity contribution in [2.75, 3.05) is 13.2 Å². The highest BCUT2D eigenvalue weighted by Crippen LogP contribution is 1.97. The zero-order valence-electron chi connectivity index (χ0n) is 7.25. The molecule has 0 radical (unpaired) electrons. The number of hydrogen-bond acceptors (Lipinski definition) is 4. The molecule has 0 aliphatic heterocycles. The molecule has 0 saturated carbocycles. The van der Waals surface area contributed by atoms with E-state index in [1.54, 1.807) is 0 Å². The van der Waals surface area contributed by atoms with Gasteiger partial charge in [-0.25, -0.2) is 0 Å². The first kappa shape index (κ1) is 11.4. The number of carbonyl (C=O) groups is 1. The van der Waals surface area contributed by atoms with Crippen LogP contribution >= 0.6 is 0 Å². The maximum atomic E-state index is 10.9. The Morgan fingerprint density at radius 1 is 1.42 bits per heavy atom. The van der Waals surface area contributed by atoms with Gasteiger partial charge in [-0.05, 0) is 19.4 Å². The van der Waals surface area contributed by atoms with E-state index in [0.717, 1.165) is 12.8 Å². The van der Waals surface area contributed by atoms with E-state index in [4.69, 9.17) is 17.2 Å². The second-order valence-corrected chi connectivity index (χ2v) is 2.70. The Morgan fingerprint density at radius 3 is 2.58 bits per heavy atom. The predicted octanol–water partition coefficient (Wildman–Crippen LogP) is -1.52. The fourth-order valence-electron chi connectivity index (χ4n) is 0.906. The van der Waals surface area contributed by atoms with Crippen molar-refractivity contribution in [1.29, 1.82) is 0 Å². The van der Waals surface area contributed by atoms with Crippen molar-refractivity contribution >= 4 is 5.91 Å². The van der Waals surface area contributed by atoms with Crippen LogP contribution in [0.2, 0.25) is 0 Å².